The Morgan fingerprint density at radius 3 is 2.10 bits per heavy atom. The lowest BCUT2D eigenvalue weighted by molar-refractivity contribution is -0.152. The van der Waals surface area contributed by atoms with Crippen molar-refractivity contribution in [2.24, 2.45) is 16.5 Å². The van der Waals surface area contributed by atoms with Crippen molar-refractivity contribution >= 4 is 35.6 Å². The van der Waals surface area contributed by atoms with Crippen molar-refractivity contribution in [2.75, 3.05) is 32.7 Å². The average molecular weight is 563 g/mol. The fraction of sp³-hybridized carbons (Fsp3) is 0.769. The van der Waals surface area contributed by atoms with Crippen molar-refractivity contribution in [1.82, 2.24) is 25.3 Å². The summed E-state index contributed by atoms with van der Waals surface area (Å²) in [5, 5.41) is 15.6. The summed E-state index contributed by atoms with van der Waals surface area (Å²) in [5.74, 6) is -2.36. The molecule has 0 aromatic heterocycles. The Bertz CT molecular complexity index is 1010. The fourth-order valence-corrected chi connectivity index (χ4v) is 6.39. The maximum Gasteiger partial charge on any atom is 0.326 e. The topological polar surface area (TPSA) is 204 Å². The zero-order valence-electron chi connectivity index (χ0n) is 22.9. The van der Waals surface area contributed by atoms with Crippen LogP contribution in [0.1, 0.15) is 64.2 Å². The van der Waals surface area contributed by atoms with Gasteiger partial charge in [0, 0.05) is 26.2 Å². The van der Waals surface area contributed by atoms with Crippen LogP contribution in [0.5, 0.6) is 0 Å². The Morgan fingerprint density at radius 2 is 1.48 bits per heavy atom. The van der Waals surface area contributed by atoms with E-state index in [2.05, 4.69) is 15.6 Å². The average Bonchev–Trinajstić information content (AvgIpc) is 3.75. The minimum absolute atomic E-state index is 0.0728. The molecule has 222 valence electrons. The van der Waals surface area contributed by atoms with E-state index in [-0.39, 0.29) is 36.8 Å². The minimum atomic E-state index is -1.05. The van der Waals surface area contributed by atoms with Gasteiger partial charge < -0.3 is 41.9 Å². The van der Waals surface area contributed by atoms with Crippen LogP contribution >= 0.6 is 0 Å². The summed E-state index contributed by atoms with van der Waals surface area (Å²) < 4.78 is 0. The highest BCUT2D eigenvalue weighted by Crippen LogP contribution is 2.27. The number of hydrogen-bond acceptors (Lipinski definition) is 7. The third kappa shape index (κ3) is 6.65. The summed E-state index contributed by atoms with van der Waals surface area (Å²) in [6.07, 6.45) is 5.52. The van der Waals surface area contributed by atoms with E-state index in [4.69, 9.17) is 11.5 Å². The van der Waals surface area contributed by atoms with Crippen LogP contribution in [0.2, 0.25) is 0 Å². The Morgan fingerprint density at radius 1 is 0.850 bits per heavy atom. The van der Waals surface area contributed by atoms with Gasteiger partial charge in [-0.2, -0.15) is 0 Å². The summed E-state index contributed by atoms with van der Waals surface area (Å²) in [6.45, 7) is 2.20. The van der Waals surface area contributed by atoms with Crippen molar-refractivity contribution in [3.05, 3.63) is 0 Å². The molecule has 14 heteroatoms. The lowest BCUT2D eigenvalue weighted by Crippen LogP contribution is -2.58. The standard InChI is InChI=1S/C26H42N8O6/c27-26(28)30-12-2-7-17(31-21(35)18-8-3-13-32(18)22(36)16-6-1-11-29-16)23(37)33-14-4-9-19(33)24(38)34-15-5-10-20(34)25(39)40/h16-20,29H,1-15H2,(H,31,35)(H,39,40)(H4,27,28,30)/t16-,17-,18-,19-,20-/m0/s1. The summed E-state index contributed by atoms with van der Waals surface area (Å²) in [7, 11) is 0. The number of carboxylic acids is 1. The predicted molar refractivity (Wildman–Crippen MR) is 145 cm³/mol. The van der Waals surface area contributed by atoms with Crippen LogP contribution in [0.25, 0.3) is 0 Å². The van der Waals surface area contributed by atoms with E-state index >= 15 is 0 Å². The molecule has 4 aliphatic rings. The molecule has 4 heterocycles. The van der Waals surface area contributed by atoms with Crippen LogP contribution in [0.3, 0.4) is 0 Å². The quantitative estimate of drug-likeness (QED) is 0.117. The van der Waals surface area contributed by atoms with Gasteiger partial charge in [-0.1, -0.05) is 0 Å². The summed E-state index contributed by atoms with van der Waals surface area (Å²) >= 11 is 0. The van der Waals surface area contributed by atoms with Crippen LogP contribution < -0.4 is 22.1 Å². The van der Waals surface area contributed by atoms with Gasteiger partial charge in [-0.15, -0.1) is 0 Å². The first-order chi connectivity index (χ1) is 19.2. The number of likely N-dealkylation sites (tertiary alicyclic amines) is 3. The van der Waals surface area contributed by atoms with Gasteiger partial charge in [-0.25, -0.2) is 4.79 Å². The van der Waals surface area contributed by atoms with E-state index < -0.39 is 42.0 Å². The number of carbonyl (C=O) groups is 5. The predicted octanol–water partition coefficient (Wildman–Crippen LogP) is -1.67. The van der Waals surface area contributed by atoms with Crippen molar-refractivity contribution in [3.8, 4) is 0 Å². The van der Waals surface area contributed by atoms with Crippen LogP contribution in [-0.4, -0.2) is 118 Å². The van der Waals surface area contributed by atoms with Crippen LogP contribution in [-0.2, 0) is 24.0 Å². The molecule has 0 aromatic rings. The summed E-state index contributed by atoms with van der Waals surface area (Å²) in [5.41, 5.74) is 10.9. The summed E-state index contributed by atoms with van der Waals surface area (Å²) in [6, 6.07) is -3.56. The zero-order valence-corrected chi connectivity index (χ0v) is 22.9. The molecular weight excluding hydrogens is 520 g/mol. The van der Waals surface area contributed by atoms with Gasteiger partial charge in [0.2, 0.25) is 23.6 Å². The van der Waals surface area contributed by atoms with Crippen LogP contribution in [0, 0.1) is 0 Å². The molecule has 0 aromatic carbocycles. The number of carbonyl (C=O) groups excluding carboxylic acids is 4. The van der Waals surface area contributed by atoms with Gasteiger partial charge >= 0.3 is 5.97 Å². The first kappa shape index (κ1) is 29.6. The molecule has 7 N–H and O–H groups in total. The van der Waals surface area contributed by atoms with Crippen molar-refractivity contribution < 1.29 is 29.1 Å². The number of aliphatic carboxylic acids is 1. The van der Waals surface area contributed by atoms with Crippen molar-refractivity contribution in [3.63, 3.8) is 0 Å². The molecule has 4 saturated heterocycles. The smallest absolute Gasteiger partial charge is 0.326 e. The minimum Gasteiger partial charge on any atom is -0.480 e. The molecule has 0 radical (unpaired) electrons. The number of guanidine groups is 1. The summed E-state index contributed by atoms with van der Waals surface area (Å²) in [4.78, 5) is 73.9. The molecule has 0 aliphatic carbocycles. The SMILES string of the molecule is NC(N)=NCCC[C@H](NC(=O)[C@@H]1CCCN1C(=O)[C@@H]1CCCN1)C(=O)N1CCC[C@H]1C(=O)N1CCC[C@H]1C(=O)O. The lowest BCUT2D eigenvalue weighted by Gasteiger charge is -2.33. The largest absolute Gasteiger partial charge is 0.480 e. The lowest BCUT2D eigenvalue weighted by atomic mass is 10.1. The normalized spacial score (nSPS) is 27.1. The second-order valence-corrected chi connectivity index (χ2v) is 11.1. The number of rotatable bonds is 10. The third-order valence-corrected chi connectivity index (χ3v) is 8.40. The molecule has 40 heavy (non-hydrogen) atoms. The van der Waals surface area contributed by atoms with E-state index in [0.29, 0.717) is 64.6 Å². The molecule has 4 aliphatic heterocycles. The number of nitrogens with two attached hydrogens (primary N) is 2. The molecule has 4 fully saturated rings. The Balaban J connectivity index is 1.47. The van der Waals surface area contributed by atoms with Crippen LogP contribution in [0.15, 0.2) is 4.99 Å². The molecule has 0 unspecified atom stereocenters. The number of hydrogen-bond donors (Lipinski definition) is 5. The van der Waals surface area contributed by atoms with Gasteiger partial charge in [0.05, 0.1) is 6.04 Å². The highest BCUT2D eigenvalue weighted by atomic mass is 16.4. The van der Waals surface area contributed by atoms with Gasteiger partial charge in [-0.05, 0) is 70.8 Å². The number of amides is 4. The van der Waals surface area contributed by atoms with Crippen LogP contribution in [0.4, 0.5) is 0 Å². The highest BCUT2D eigenvalue weighted by Gasteiger charge is 2.44. The number of nitrogens with one attached hydrogen (secondary N) is 2. The first-order valence-corrected chi connectivity index (χ1v) is 14.4. The Kier molecular flexibility index (Phi) is 9.82. The third-order valence-electron chi connectivity index (χ3n) is 8.40. The van der Waals surface area contributed by atoms with Crippen molar-refractivity contribution in [1.29, 1.82) is 0 Å². The van der Waals surface area contributed by atoms with E-state index in [1.165, 1.54) is 9.80 Å². The molecule has 14 nitrogen and oxygen atoms in total. The fourth-order valence-electron chi connectivity index (χ4n) is 6.39. The number of aliphatic imine (C=N–C) groups is 1. The van der Waals surface area contributed by atoms with Gasteiger partial charge in [-0.3, -0.25) is 24.2 Å². The van der Waals surface area contributed by atoms with Crippen molar-refractivity contribution in [2.45, 2.75) is 94.4 Å². The van der Waals surface area contributed by atoms with Gasteiger partial charge in [0.1, 0.15) is 24.2 Å². The maximum absolute atomic E-state index is 13.8. The maximum atomic E-state index is 13.8. The van der Waals surface area contributed by atoms with E-state index in [1.807, 2.05) is 0 Å². The highest BCUT2D eigenvalue weighted by molar-refractivity contribution is 5.96. The van der Waals surface area contributed by atoms with E-state index in [1.54, 1.807) is 4.90 Å². The molecule has 0 saturated carbocycles. The Labute approximate surface area is 233 Å². The number of carboxylic acid groups (broad SMARTS) is 1. The van der Waals surface area contributed by atoms with E-state index in [9.17, 15) is 29.1 Å². The second kappa shape index (κ2) is 13.3. The molecule has 0 bridgehead atoms. The molecule has 4 amide bonds. The van der Waals surface area contributed by atoms with Gasteiger partial charge in [0.15, 0.2) is 5.96 Å². The van der Waals surface area contributed by atoms with Gasteiger partial charge in [0.25, 0.3) is 0 Å². The number of nitrogens with zero attached hydrogens (tertiary/aromatic N) is 4. The second-order valence-electron chi connectivity index (χ2n) is 11.1. The zero-order chi connectivity index (χ0) is 28.8. The molecule has 4 rings (SSSR count). The van der Waals surface area contributed by atoms with E-state index in [0.717, 1.165) is 19.4 Å². The first-order valence-electron chi connectivity index (χ1n) is 14.4. The molecule has 0 spiro atoms. The molecular formula is C26H42N8O6. The monoisotopic (exact) mass is 562 g/mol. The molecule has 5 atom stereocenters. The Hall–Kier alpha value is -3.42.